The number of carbonyl (C=O) groups is 2. The van der Waals surface area contributed by atoms with Gasteiger partial charge in [0.15, 0.2) is 6.10 Å². The van der Waals surface area contributed by atoms with Crippen LogP contribution in [0.5, 0.6) is 11.5 Å². The van der Waals surface area contributed by atoms with Crippen molar-refractivity contribution in [1.29, 1.82) is 0 Å². The maximum atomic E-state index is 12.8. The Kier molecular flexibility index (Phi) is 4.75. The third kappa shape index (κ3) is 3.44. The maximum absolute atomic E-state index is 12.8. The normalized spacial score (nSPS) is 15.2. The molecule has 0 saturated carbocycles. The molecule has 4 rings (SSSR count). The van der Waals surface area contributed by atoms with Crippen molar-refractivity contribution in [3.63, 3.8) is 0 Å². The molecular weight excluding hydrogens is 376 g/mol. The van der Waals surface area contributed by atoms with E-state index in [1.165, 1.54) is 11.3 Å². The molecule has 1 aromatic heterocycles. The highest BCUT2D eigenvalue weighted by atomic mass is 32.1. The van der Waals surface area contributed by atoms with Crippen LogP contribution in [0, 0.1) is 0 Å². The summed E-state index contributed by atoms with van der Waals surface area (Å²) < 4.78 is 10.9. The summed E-state index contributed by atoms with van der Waals surface area (Å²) in [6.45, 7) is 1.68. The van der Waals surface area contributed by atoms with E-state index < -0.39 is 6.10 Å². The number of thiophene rings is 1. The lowest BCUT2D eigenvalue weighted by atomic mass is 10.2. The molecule has 2 amide bonds. The molecule has 28 heavy (non-hydrogen) atoms. The van der Waals surface area contributed by atoms with Crippen LogP contribution in [-0.4, -0.2) is 25.0 Å². The van der Waals surface area contributed by atoms with Crippen LogP contribution in [-0.2, 0) is 4.79 Å². The molecule has 1 aliphatic heterocycles. The molecule has 0 saturated heterocycles. The number of benzene rings is 2. The largest absolute Gasteiger partial charge is 0.495 e. The summed E-state index contributed by atoms with van der Waals surface area (Å²) in [5.74, 6) is 0.596. The number of hydrogen-bond acceptors (Lipinski definition) is 5. The standard InChI is InChI=1S/C21H18N2O4S/c1-12-20(24)23-15-10-14(8-9-16(15)27-12)22-21(25)19-17(26-2)11-18(28-19)13-6-4-3-5-7-13/h3-12H,1-2H3,(H,22,25)(H,23,24). The quantitative estimate of drug-likeness (QED) is 0.688. The summed E-state index contributed by atoms with van der Waals surface area (Å²) in [4.78, 5) is 26.0. The fourth-order valence-electron chi connectivity index (χ4n) is 2.90. The number of fused-ring (bicyclic) bond motifs is 1. The first-order valence-corrected chi connectivity index (χ1v) is 9.53. The van der Waals surface area contributed by atoms with Gasteiger partial charge in [0, 0.05) is 10.6 Å². The van der Waals surface area contributed by atoms with Crippen molar-refractivity contribution in [3.8, 4) is 21.9 Å². The van der Waals surface area contributed by atoms with E-state index in [2.05, 4.69) is 10.6 Å². The first-order valence-electron chi connectivity index (χ1n) is 8.71. The zero-order chi connectivity index (χ0) is 19.7. The van der Waals surface area contributed by atoms with Crippen LogP contribution in [0.15, 0.2) is 54.6 Å². The van der Waals surface area contributed by atoms with Gasteiger partial charge in [-0.05, 0) is 36.8 Å². The molecule has 1 aliphatic rings. The highest BCUT2D eigenvalue weighted by Gasteiger charge is 2.24. The number of carbonyl (C=O) groups excluding carboxylic acids is 2. The minimum atomic E-state index is -0.542. The van der Waals surface area contributed by atoms with Crippen molar-refractivity contribution in [2.75, 3.05) is 17.7 Å². The number of ether oxygens (including phenoxy) is 2. The van der Waals surface area contributed by atoms with Crippen LogP contribution in [0.1, 0.15) is 16.6 Å². The molecule has 7 heteroatoms. The highest BCUT2D eigenvalue weighted by molar-refractivity contribution is 7.17. The van der Waals surface area contributed by atoms with E-state index in [9.17, 15) is 9.59 Å². The Morgan fingerprint density at radius 2 is 1.96 bits per heavy atom. The SMILES string of the molecule is COc1cc(-c2ccccc2)sc1C(=O)Nc1ccc2c(c1)NC(=O)C(C)O2. The van der Waals surface area contributed by atoms with Gasteiger partial charge < -0.3 is 20.1 Å². The van der Waals surface area contributed by atoms with Gasteiger partial charge in [0.1, 0.15) is 16.4 Å². The van der Waals surface area contributed by atoms with Crippen LogP contribution in [0.4, 0.5) is 11.4 Å². The molecule has 1 atom stereocenters. The van der Waals surface area contributed by atoms with Gasteiger partial charge >= 0.3 is 0 Å². The predicted molar refractivity (Wildman–Crippen MR) is 109 cm³/mol. The monoisotopic (exact) mass is 394 g/mol. The number of nitrogens with one attached hydrogen (secondary N) is 2. The summed E-state index contributed by atoms with van der Waals surface area (Å²) >= 11 is 1.36. The number of rotatable bonds is 4. The average molecular weight is 394 g/mol. The summed E-state index contributed by atoms with van der Waals surface area (Å²) in [5, 5.41) is 5.63. The van der Waals surface area contributed by atoms with E-state index in [0.717, 1.165) is 10.4 Å². The number of anilines is 2. The van der Waals surface area contributed by atoms with Gasteiger partial charge in [-0.15, -0.1) is 11.3 Å². The molecule has 0 bridgehead atoms. The second kappa shape index (κ2) is 7.36. The fraction of sp³-hybridized carbons (Fsp3) is 0.143. The minimum absolute atomic E-state index is 0.219. The molecule has 2 aromatic carbocycles. The van der Waals surface area contributed by atoms with Crippen molar-refractivity contribution < 1.29 is 19.1 Å². The van der Waals surface area contributed by atoms with Gasteiger partial charge in [0.2, 0.25) is 0 Å². The van der Waals surface area contributed by atoms with Crippen LogP contribution in [0.25, 0.3) is 10.4 Å². The Balaban J connectivity index is 1.58. The van der Waals surface area contributed by atoms with Gasteiger partial charge in [0.25, 0.3) is 11.8 Å². The van der Waals surface area contributed by atoms with Gasteiger partial charge in [-0.1, -0.05) is 30.3 Å². The topological polar surface area (TPSA) is 76.7 Å². The first kappa shape index (κ1) is 18.1. The molecule has 0 aliphatic carbocycles. The van der Waals surface area contributed by atoms with E-state index in [-0.39, 0.29) is 11.8 Å². The molecule has 142 valence electrons. The predicted octanol–water partition coefficient (Wildman–Crippen LogP) is 4.40. The Morgan fingerprint density at radius 1 is 1.18 bits per heavy atom. The molecule has 0 radical (unpaired) electrons. The lowest BCUT2D eigenvalue weighted by molar-refractivity contribution is -0.122. The molecule has 2 heterocycles. The number of hydrogen-bond donors (Lipinski definition) is 2. The molecular formula is C21H18N2O4S. The minimum Gasteiger partial charge on any atom is -0.495 e. The Morgan fingerprint density at radius 3 is 2.71 bits per heavy atom. The molecule has 2 N–H and O–H groups in total. The lowest BCUT2D eigenvalue weighted by Gasteiger charge is -2.23. The van der Waals surface area contributed by atoms with E-state index in [1.54, 1.807) is 32.2 Å². The van der Waals surface area contributed by atoms with Gasteiger partial charge in [0.05, 0.1) is 12.8 Å². The average Bonchev–Trinajstić information content (AvgIpc) is 3.14. The molecule has 6 nitrogen and oxygen atoms in total. The van der Waals surface area contributed by atoms with E-state index in [1.807, 2.05) is 36.4 Å². The fourth-order valence-corrected chi connectivity index (χ4v) is 3.93. The third-order valence-corrected chi connectivity index (χ3v) is 5.51. The number of methoxy groups -OCH3 is 1. The van der Waals surface area contributed by atoms with Gasteiger partial charge in [-0.3, -0.25) is 9.59 Å². The summed E-state index contributed by atoms with van der Waals surface area (Å²) in [5.41, 5.74) is 2.11. The van der Waals surface area contributed by atoms with Gasteiger partial charge in [-0.25, -0.2) is 0 Å². The van der Waals surface area contributed by atoms with E-state index in [0.29, 0.717) is 27.8 Å². The van der Waals surface area contributed by atoms with Gasteiger partial charge in [-0.2, -0.15) is 0 Å². The second-order valence-corrected chi connectivity index (χ2v) is 7.34. The Bertz CT molecular complexity index is 1050. The smallest absolute Gasteiger partial charge is 0.269 e. The van der Waals surface area contributed by atoms with E-state index in [4.69, 9.17) is 9.47 Å². The molecule has 1 unspecified atom stereocenters. The van der Waals surface area contributed by atoms with Crippen molar-refractivity contribution in [2.45, 2.75) is 13.0 Å². The summed E-state index contributed by atoms with van der Waals surface area (Å²) in [6.07, 6.45) is -0.542. The maximum Gasteiger partial charge on any atom is 0.269 e. The van der Waals surface area contributed by atoms with Crippen molar-refractivity contribution in [2.24, 2.45) is 0 Å². The van der Waals surface area contributed by atoms with Crippen LogP contribution in [0.3, 0.4) is 0 Å². The zero-order valence-electron chi connectivity index (χ0n) is 15.3. The molecule has 3 aromatic rings. The van der Waals surface area contributed by atoms with Crippen molar-refractivity contribution in [3.05, 3.63) is 59.5 Å². The summed E-state index contributed by atoms with van der Waals surface area (Å²) in [6, 6.07) is 16.8. The van der Waals surface area contributed by atoms with Crippen LogP contribution >= 0.6 is 11.3 Å². The third-order valence-electron chi connectivity index (χ3n) is 4.35. The first-order chi connectivity index (χ1) is 13.5. The zero-order valence-corrected chi connectivity index (χ0v) is 16.1. The Labute approximate surface area is 166 Å². The summed E-state index contributed by atoms with van der Waals surface area (Å²) in [7, 11) is 1.54. The lowest BCUT2D eigenvalue weighted by Crippen LogP contribution is -2.34. The van der Waals surface area contributed by atoms with Crippen molar-refractivity contribution in [1.82, 2.24) is 0 Å². The second-order valence-electron chi connectivity index (χ2n) is 6.29. The molecule has 0 fully saturated rings. The Hall–Kier alpha value is -3.32. The van der Waals surface area contributed by atoms with Crippen molar-refractivity contribution >= 4 is 34.5 Å². The highest BCUT2D eigenvalue weighted by Crippen LogP contribution is 2.37. The van der Waals surface area contributed by atoms with Crippen LogP contribution < -0.4 is 20.1 Å². The molecule has 0 spiro atoms. The van der Waals surface area contributed by atoms with Crippen LogP contribution in [0.2, 0.25) is 0 Å². The van der Waals surface area contributed by atoms with E-state index >= 15 is 0 Å². The number of amides is 2.